The third-order valence-electron chi connectivity index (χ3n) is 5.32. The fourth-order valence-electron chi connectivity index (χ4n) is 3.79. The molecular formula is C19H20ClN5OS2. The Morgan fingerprint density at radius 3 is 2.75 bits per heavy atom. The molecule has 2 aliphatic heterocycles. The fourth-order valence-corrected chi connectivity index (χ4v) is 6.83. The molecule has 2 aromatic heterocycles. The van der Waals surface area contributed by atoms with Gasteiger partial charge in [-0.1, -0.05) is 23.7 Å². The molecule has 4 heterocycles. The van der Waals surface area contributed by atoms with Gasteiger partial charge in [-0.2, -0.15) is 0 Å². The Hall–Kier alpha value is -1.64. The van der Waals surface area contributed by atoms with Gasteiger partial charge < -0.3 is 5.32 Å². The van der Waals surface area contributed by atoms with E-state index in [2.05, 4.69) is 17.2 Å². The van der Waals surface area contributed by atoms with Gasteiger partial charge in [-0.15, -0.1) is 28.6 Å². The number of anilines is 1. The molecule has 0 saturated carbocycles. The zero-order chi connectivity index (χ0) is 19.3. The van der Waals surface area contributed by atoms with Gasteiger partial charge in [0.15, 0.2) is 11.3 Å². The highest BCUT2D eigenvalue weighted by atomic mass is 35.5. The van der Waals surface area contributed by atoms with Crippen molar-refractivity contribution in [2.24, 2.45) is 0 Å². The Balaban J connectivity index is 1.57. The average Bonchev–Trinajstić information content (AvgIpc) is 3.14. The highest BCUT2D eigenvalue weighted by Gasteiger charge is 2.36. The summed E-state index contributed by atoms with van der Waals surface area (Å²) in [4.78, 5) is 17.7. The lowest BCUT2D eigenvalue weighted by atomic mass is 10.0. The fraction of sp³-hybridized carbons (Fsp3) is 0.421. The third-order valence-corrected chi connectivity index (χ3v) is 8.73. The lowest BCUT2D eigenvalue weighted by molar-refractivity contribution is 0.513. The Labute approximate surface area is 176 Å². The summed E-state index contributed by atoms with van der Waals surface area (Å²) in [5, 5.41) is 8.97. The standard InChI is InChI=1S/C19H20ClN5OS2/c1-19(27-9-2-10-28-19)17-21-11-15-16(26)24-8-7-14(22-18(24)23-25(15)17)12-3-5-13(20)6-4-12/h3-6,11,14H,2,7-10H2,1H3,(H,22,23)/t14-/m1/s1. The molecule has 1 atom stereocenters. The van der Waals surface area contributed by atoms with Crippen LogP contribution in [0.4, 0.5) is 5.95 Å². The predicted molar refractivity (Wildman–Crippen MR) is 117 cm³/mol. The second-order valence-electron chi connectivity index (χ2n) is 7.19. The summed E-state index contributed by atoms with van der Waals surface area (Å²) >= 11 is 9.77. The van der Waals surface area contributed by atoms with Crippen molar-refractivity contribution in [1.82, 2.24) is 19.2 Å². The maximum atomic E-state index is 13.1. The van der Waals surface area contributed by atoms with Crippen molar-refractivity contribution in [2.45, 2.75) is 36.4 Å². The van der Waals surface area contributed by atoms with E-state index in [0.29, 0.717) is 18.0 Å². The molecule has 0 aliphatic carbocycles. The molecule has 0 radical (unpaired) electrons. The monoisotopic (exact) mass is 433 g/mol. The van der Waals surface area contributed by atoms with Gasteiger partial charge in [0.25, 0.3) is 5.56 Å². The van der Waals surface area contributed by atoms with Crippen LogP contribution in [0.2, 0.25) is 5.02 Å². The summed E-state index contributed by atoms with van der Waals surface area (Å²) in [6.45, 7) is 2.80. The zero-order valence-corrected chi connectivity index (χ0v) is 17.8. The van der Waals surface area contributed by atoms with Crippen molar-refractivity contribution < 1.29 is 0 Å². The average molecular weight is 434 g/mol. The summed E-state index contributed by atoms with van der Waals surface area (Å²) in [6, 6.07) is 7.92. The highest BCUT2D eigenvalue weighted by Crippen LogP contribution is 2.49. The van der Waals surface area contributed by atoms with E-state index in [1.54, 1.807) is 15.3 Å². The molecule has 1 saturated heterocycles. The maximum Gasteiger partial charge on any atom is 0.280 e. The number of aromatic nitrogens is 4. The molecule has 0 amide bonds. The van der Waals surface area contributed by atoms with E-state index in [1.165, 1.54) is 6.42 Å². The summed E-state index contributed by atoms with van der Waals surface area (Å²) in [7, 11) is 0. The number of nitrogens with zero attached hydrogens (tertiary/aromatic N) is 4. The van der Waals surface area contributed by atoms with Crippen molar-refractivity contribution in [3.8, 4) is 0 Å². The molecule has 0 bridgehead atoms. The van der Waals surface area contributed by atoms with Gasteiger partial charge in [-0.25, -0.2) is 9.50 Å². The number of fused-ring (bicyclic) bond motifs is 2. The minimum atomic E-state index is -0.187. The van der Waals surface area contributed by atoms with E-state index >= 15 is 0 Å². The SMILES string of the molecule is CC1(c2ncc3c(=O)n4c(nn23)N[C@@H](c2ccc(Cl)cc2)CC4)SCCCS1. The van der Waals surface area contributed by atoms with Gasteiger partial charge in [-0.05, 0) is 49.0 Å². The zero-order valence-electron chi connectivity index (χ0n) is 15.4. The second kappa shape index (κ2) is 7.00. The molecule has 146 valence electrons. The first-order valence-corrected chi connectivity index (χ1v) is 11.7. The molecule has 1 fully saturated rings. The molecule has 1 aromatic carbocycles. The first kappa shape index (κ1) is 18.4. The summed E-state index contributed by atoms with van der Waals surface area (Å²) < 4.78 is 3.28. The van der Waals surface area contributed by atoms with Gasteiger partial charge in [0.05, 0.1) is 12.2 Å². The Morgan fingerprint density at radius 2 is 2.00 bits per heavy atom. The van der Waals surface area contributed by atoms with Crippen LogP contribution >= 0.6 is 35.1 Å². The van der Waals surface area contributed by atoms with Crippen LogP contribution in [0, 0.1) is 0 Å². The third kappa shape index (κ3) is 3.02. The normalized spacial score (nSPS) is 21.3. The number of hydrogen-bond donors (Lipinski definition) is 1. The van der Waals surface area contributed by atoms with Crippen molar-refractivity contribution in [1.29, 1.82) is 0 Å². The topological polar surface area (TPSA) is 64.2 Å². The number of nitrogens with one attached hydrogen (secondary N) is 1. The Kier molecular flexibility index (Phi) is 4.60. The van der Waals surface area contributed by atoms with Gasteiger partial charge in [0.1, 0.15) is 4.08 Å². The summed E-state index contributed by atoms with van der Waals surface area (Å²) in [5.41, 5.74) is 1.64. The minimum Gasteiger partial charge on any atom is -0.347 e. The van der Waals surface area contributed by atoms with E-state index in [1.807, 2.05) is 47.8 Å². The van der Waals surface area contributed by atoms with Crippen LogP contribution in [-0.4, -0.2) is 30.7 Å². The van der Waals surface area contributed by atoms with Crippen molar-refractivity contribution >= 4 is 46.6 Å². The number of benzene rings is 1. The number of rotatable bonds is 2. The number of imidazole rings is 1. The summed E-state index contributed by atoms with van der Waals surface area (Å²) in [6.07, 6.45) is 3.69. The second-order valence-corrected chi connectivity index (χ2v) is 10.9. The number of thioether (sulfide) groups is 2. The molecular weight excluding hydrogens is 414 g/mol. The van der Waals surface area contributed by atoms with Crippen LogP contribution in [0.3, 0.4) is 0 Å². The van der Waals surface area contributed by atoms with E-state index < -0.39 is 0 Å². The van der Waals surface area contributed by atoms with Crippen molar-refractivity contribution in [2.75, 3.05) is 16.8 Å². The van der Waals surface area contributed by atoms with Gasteiger partial charge >= 0.3 is 0 Å². The van der Waals surface area contributed by atoms with Gasteiger partial charge in [0, 0.05) is 11.6 Å². The van der Waals surface area contributed by atoms with E-state index in [-0.39, 0.29) is 15.7 Å². The first-order valence-electron chi connectivity index (χ1n) is 9.34. The minimum absolute atomic E-state index is 0.0415. The van der Waals surface area contributed by atoms with Crippen LogP contribution in [0.25, 0.3) is 5.52 Å². The Bertz CT molecular complexity index is 1090. The molecule has 1 N–H and O–H groups in total. The Morgan fingerprint density at radius 1 is 1.25 bits per heavy atom. The maximum absolute atomic E-state index is 13.1. The molecule has 2 aliphatic rings. The first-order chi connectivity index (χ1) is 13.5. The van der Waals surface area contributed by atoms with Crippen molar-refractivity contribution in [3.05, 3.63) is 57.2 Å². The predicted octanol–water partition coefficient (Wildman–Crippen LogP) is 4.14. The molecule has 28 heavy (non-hydrogen) atoms. The van der Waals surface area contributed by atoms with Gasteiger partial charge in [-0.3, -0.25) is 9.36 Å². The van der Waals surface area contributed by atoms with Crippen LogP contribution in [0.1, 0.15) is 37.2 Å². The van der Waals surface area contributed by atoms with Crippen molar-refractivity contribution in [3.63, 3.8) is 0 Å². The molecule has 0 unspecified atom stereocenters. The molecule has 6 nitrogen and oxygen atoms in total. The quantitative estimate of drug-likeness (QED) is 0.655. The molecule has 0 spiro atoms. The molecule has 9 heteroatoms. The van der Waals surface area contributed by atoms with E-state index in [9.17, 15) is 4.79 Å². The molecule has 5 rings (SSSR count). The lowest BCUT2D eigenvalue weighted by Crippen LogP contribution is -2.34. The van der Waals surface area contributed by atoms with Gasteiger partial charge in [0.2, 0.25) is 5.95 Å². The van der Waals surface area contributed by atoms with E-state index in [4.69, 9.17) is 16.7 Å². The van der Waals surface area contributed by atoms with Crippen LogP contribution < -0.4 is 10.9 Å². The van der Waals surface area contributed by atoms with Crippen LogP contribution in [-0.2, 0) is 10.6 Å². The van der Waals surface area contributed by atoms with Crippen LogP contribution in [0.5, 0.6) is 0 Å². The highest BCUT2D eigenvalue weighted by molar-refractivity contribution is 8.18. The molecule has 3 aromatic rings. The van der Waals surface area contributed by atoms with Crippen LogP contribution in [0.15, 0.2) is 35.3 Å². The number of halogens is 1. The smallest absolute Gasteiger partial charge is 0.280 e. The number of hydrogen-bond acceptors (Lipinski definition) is 6. The van der Waals surface area contributed by atoms with E-state index in [0.717, 1.165) is 34.3 Å². The summed E-state index contributed by atoms with van der Waals surface area (Å²) in [5.74, 6) is 3.63. The largest absolute Gasteiger partial charge is 0.347 e. The lowest BCUT2D eigenvalue weighted by Gasteiger charge is -2.31.